The minimum absolute atomic E-state index is 0.134. The van der Waals surface area contributed by atoms with E-state index < -0.39 is 0 Å². The molecule has 0 N–H and O–H groups in total. The van der Waals surface area contributed by atoms with E-state index in [4.69, 9.17) is 9.30 Å². The fourth-order valence-electron chi connectivity index (χ4n) is 2.06. The van der Waals surface area contributed by atoms with Crippen molar-refractivity contribution in [3.63, 3.8) is 0 Å². The van der Waals surface area contributed by atoms with Crippen LogP contribution in [0.3, 0.4) is 0 Å². The molecule has 2 fully saturated rings. The van der Waals surface area contributed by atoms with Crippen LogP contribution < -0.4 is 8.92 Å². The van der Waals surface area contributed by atoms with Crippen molar-refractivity contribution in [2.45, 2.75) is 13.8 Å². The van der Waals surface area contributed by atoms with E-state index in [1.54, 1.807) is 13.8 Å². The van der Waals surface area contributed by atoms with E-state index in [0.29, 0.717) is 0 Å². The van der Waals surface area contributed by atoms with Crippen LogP contribution >= 0.6 is 0 Å². The van der Waals surface area contributed by atoms with Crippen molar-refractivity contribution in [1.29, 1.82) is 0 Å². The first-order valence-electron chi connectivity index (χ1n) is 9.87. The SMILES string of the molecule is CC(=O)[C]1[CH][CH][CH][CH]1.CC(=O)[C]1[CH][CH][CH][CH]1.[C-]#[O+].[C-]#[O+].[Mo]=[Mo].[Se]c1ccccc1.[Se]c1ccccc1. The summed E-state index contributed by atoms with van der Waals surface area (Å²) in [5.74, 6) is 1.86. The van der Waals surface area contributed by atoms with Gasteiger partial charge in [0.2, 0.25) is 0 Å². The molecule has 4 nitrogen and oxygen atoms in total. The molecule has 0 aromatic heterocycles. The first-order valence-corrected chi connectivity index (χ1v) is 17.2. The van der Waals surface area contributed by atoms with Gasteiger partial charge < -0.3 is 0 Å². The number of ketones is 2. The first-order chi connectivity index (χ1) is 17.4. The van der Waals surface area contributed by atoms with E-state index in [-0.39, 0.29) is 11.6 Å². The van der Waals surface area contributed by atoms with Crippen molar-refractivity contribution in [1.82, 2.24) is 0 Å². The maximum absolute atomic E-state index is 10.5. The standard InChI is InChI=1S/2C7H7O.2C6H5Se.2CO.2Mo/c2*1-6(8)7-4-2-3-5-7;2*7-6-4-2-1-3-5-6;2*1-2;;/h2*2-5H,1H3;2*1-5H;;;;. The van der Waals surface area contributed by atoms with Crippen molar-refractivity contribution in [3.05, 3.63) is 137 Å². The Kier molecular flexibility index (Phi) is 34.5. The van der Waals surface area contributed by atoms with Gasteiger partial charge in [-0.25, -0.2) is 0 Å². The molecule has 2 aromatic rings. The van der Waals surface area contributed by atoms with Gasteiger partial charge in [-0.15, -0.1) is 0 Å². The molecular formula is C28H24Mo2O4Se2. The van der Waals surface area contributed by atoms with Gasteiger partial charge in [0.15, 0.2) is 0 Å². The summed E-state index contributed by atoms with van der Waals surface area (Å²) >= 11 is 9.72. The minimum atomic E-state index is 0.134. The third-order valence-corrected chi connectivity index (χ3v) is 4.77. The Bertz CT molecular complexity index is 749. The van der Waals surface area contributed by atoms with Crippen LogP contribution in [-0.2, 0) is 51.3 Å². The molecule has 2 saturated carbocycles. The quantitative estimate of drug-likeness (QED) is 0.268. The van der Waals surface area contributed by atoms with Crippen molar-refractivity contribution in [2.24, 2.45) is 0 Å². The van der Waals surface area contributed by atoms with Gasteiger partial charge in [-0.3, -0.25) is 9.59 Å². The summed E-state index contributed by atoms with van der Waals surface area (Å²) in [5, 5.41) is 0. The monoisotopic (exact) mass is 780 g/mol. The number of carbonyl (C=O) groups is 2. The molecule has 0 amide bonds. The van der Waals surface area contributed by atoms with E-state index in [2.05, 4.69) is 45.3 Å². The van der Waals surface area contributed by atoms with E-state index in [1.807, 2.05) is 144 Å². The summed E-state index contributed by atoms with van der Waals surface area (Å²) in [6.07, 6.45) is 14.7. The Morgan fingerprint density at radius 2 is 0.806 bits per heavy atom. The average Bonchev–Trinajstić information content (AvgIpc) is 3.65. The molecule has 0 heterocycles. The zero-order valence-corrected chi connectivity index (χ0v) is 27.1. The normalized spacial score (nSPS) is 13.2. The third kappa shape index (κ3) is 25.3. The van der Waals surface area contributed by atoms with Crippen LogP contribution in [0.5, 0.6) is 0 Å². The summed E-state index contributed by atoms with van der Waals surface area (Å²) in [5.41, 5.74) is 0. The molecule has 0 saturated heterocycles. The van der Waals surface area contributed by atoms with Crippen LogP contribution in [0.25, 0.3) is 0 Å². The fourth-order valence-corrected chi connectivity index (χ4v) is 2.72. The number of hydrogen-bond acceptors (Lipinski definition) is 2. The van der Waals surface area contributed by atoms with Gasteiger partial charge in [-0.05, 0) is 65.2 Å². The zero-order valence-electron chi connectivity index (χ0n) is 19.7. The zero-order chi connectivity index (χ0) is 28.2. The molecule has 0 bridgehead atoms. The van der Waals surface area contributed by atoms with Crippen molar-refractivity contribution < 1.29 is 51.3 Å². The number of rotatable bonds is 2. The van der Waals surface area contributed by atoms with Crippen LogP contribution in [0.15, 0.2) is 60.7 Å². The van der Waals surface area contributed by atoms with Gasteiger partial charge in [-0.2, -0.15) is 0 Å². The molecule has 2 aliphatic carbocycles. The van der Waals surface area contributed by atoms with Crippen molar-refractivity contribution >= 4 is 52.5 Å². The molecule has 4 rings (SSSR count). The number of benzene rings is 2. The topological polar surface area (TPSA) is 73.9 Å². The summed E-state index contributed by atoms with van der Waals surface area (Å²) < 4.78 is 17.4. The first kappa shape index (κ1) is 40.2. The molecule has 0 spiro atoms. The molecule has 184 valence electrons. The Labute approximate surface area is 252 Å². The van der Waals surface area contributed by atoms with Gasteiger partial charge in [0, 0.05) is 11.8 Å². The summed E-state index contributed by atoms with van der Waals surface area (Å²) in [4.78, 5) is 21.0. The molecular weight excluding hydrogens is 750 g/mol. The fraction of sp³-hybridized carbons (Fsp3) is 0.0714. The van der Waals surface area contributed by atoms with E-state index >= 15 is 0 Å². The molecule has 12 radical (unpaired) electrons. The molecule has 36 heavy (non-hydrogen) atoms. The van der Waals surface area contributed by atoms with Crippen LogP contribution in [0.2, 0.25) is 0 Å². The van der Waals surface area contributed by atoms with Crippen LogP contribution in [0.1, 0.15) is 13.8 Å². The predicted molar refractivity (Wildman–Crippen MR) is 134 cm³/mol. The molecule has 0 atom stereocenters. The van der Waals surface area contributed by atoms with Crippen molar-refractivity contribution in [2.75, 3.05) is 0 Å². The summed E-state index contributed by atoms with van der Waals surface area (Å²) in [6, 6.07) is 20.1. The predicted octanol–water partition coefficient (Wildman–Crippen LogP) is 2.84. The van der Waals surface area contributed by atoms with E-state index in [1.165, 1.54) is 8.92 Å². The summed E-state index contributed by atoms with van der Waals surface area (Å²) in [7, 11) is 0. The number of Topliss-reactive ketones (excluding diaryl/α,β-unsaturated/α-hetero) is 2. The van der Waals surface area contributed by atoms with E-state index in [9.17, 15) is 9.59 Å². The van der Waals surface area contributed by atoms with E-state index in [0.717, 1.165) is 11.8 Å². The Morgan fingerprint density at radius 1 is 0.583 bits per heavy atom. The molecule has 8 heteroatoms. The van der Waals surface area contributed by atoms with Crippen LogP contribution in [0.4, 0.5) is 0 Å². The molecule has 2 aliphatic rings. The second-order valence-electron chi connectivity index (χ2n) is 6.09. The number of hydrogen-bond donors (Lipinski definition) is 0. The Morgan fingerprint density at radius 3 is 0.917 bits per heavy atom. The second kappa shape index (κ2) is 30.9. The van der Waals surface area contributed by atoms with Gasteiger partial charge >= 0.3 is 157 Å². The Balaban J connectivity index is -0.000000377. The second-order valence-corrected chi connectivity index (χ2v) is 8.06. The van der Waals surface area contributed by atoms with Gasteiger partial charge in [0.1, 0.15) is 11.6 Å². The van der Waals surface area contributed by atoms with Crippen LogP contribution in [0, 0.1) is 76.5 Å². The number of carbonyl (C=O) groups excluding carboxylic acids is 2. The van der Waals surface area contributed by atoms with Crippen LogP contribution in [-0.4, -0.2) is 43.6 Å². The third-order valence-electron chi connectivity index (χ3n) is 3.62. The van der Waals surface area contributed by atoms with Gasteiger partial charge in [0.25, 0.3) is 0 Å². The molecule has 2 aromatic carbocycles. The van der Waals surface area contributed by atoms with Crippen molar-refractivity contribution in [3.8, 4) is 0 Å². The molecule has 0 aliphatic heterocycles. The Hall–Kier alpha value is -0.324. The average molecular weight is 774 g/mol. The summed E-state index contributed by atoms with van der Waals surface area (Å²) in [6.45, 7) is 12.1. The maximum atomic E-state index is 10.5. The van der Waals surface area contributed by atoms with Gasteiger partial charge in [-0.1, -0.05) is 0 Å². The van der Waals surface area contributed by atoms with Gasteiger partial charge in [0.05, 0.1) is 0 Å². The molecule has 0 unspecified atom stereocenters.